The van der Waals surface area contributed by atoms with Gasteiger partial charge in [0.15, 0.2) is 11.7 Å². The molecule has 2 aromatic rings. The monoisotopic (exact) mass is 348 g/mol. The molecule has 0 bridgehead atoms. The molecule has 0 fully saturated rings. The third-order valence-corrected chi connectivity index (χ3v) is 3.77. The number of H-pyrrole nitrogens is 1. The van der Waals surface area contributed by atoms with Gasteiger partial charge in [0.25, 0.3) is 0 Å². The van der Waals surface area contributed by atoms with Gasteiger partial charge >= 0.3 is 0 Å². The van der Waals surface area contributed by atoms with Gasteiger partial charge in [-0.1, -0.05) is 13.8 Å². The summed E-state index contributed by atoms with van der Waals surface area (Å²) >= 11 is 0. The van der Waals surface area contributed by atoms with Crippen LogP contribution in [0.15, 0.2) is 27.8 Å². The lowest BCUT2D eigenvalue weighted by atomic mass is 10.0. The second kappa shape index (κ2) is 9.83. The van der Waals surface area contributed by atoms with Crippen molar-refractivity contribution in [3.05, 3.63) is 24.2 Å². The van der Waals surface area contributed by atoms with E-state index >= 15 is 0 Å². The topological polar surface area (TPSA) is 100 Å². The first-order valence-electron chi connectivity index (χ1n) is 8.65. The fraction of sp³-hybridized carbons (Fsp3) is 0.588. The first kappa shape index (κ1) is 19.0. The highest BCUT2D eigenvalue weighted by atomic mass is 16.5. The van der Waals surface area contributed by atoms with Gasteiger partial charge in [0.05, 0.1) is 18.9 Å². The van der Waals surface area contributed by atoms with E-state index in [0.29, 0.717) is 29.9 Å². The predicted octanol–water partition coefficient (Wildman–Crippen LogP) is 2.18. The summed E-state index contributed by atoms with van der Waals surface area (Å²) in [5.74, 6) is 3.10. The molecule has 0 aliphatic carbocycles. The quantitative estimate of drug-likeness (QED) is 0.474. The molecular weight excluding hydrogens is 320 g/mol. The van der Waals surface area contributed by atoms with Crippen molar-refractivity contribution in [3.63, 3.8) is 0 Å². The van der Waals surface area contributed by atoms with Gasteiger partial charge in [-0.3, -0.25) is 10.1 Å². The number of hydrogen-bond acceptors (Lipinski definition) is 5. The number of nitrogens with zero attached hydrogens (tertiary/aromatic N) is 3. The molecule has 2 rings (SSSR count). The van der Waals surface area contributed by atoms with E-state index in [-0.39, 0.29) is 6.10 Å². The zero-order chi connectivity index (χ0) is 18.1. The molecule has 0 saturated carbocycles. The van der Waals surface area contributed by atoms with Crippen LogP contribution in [0.5, 0.6) is 0 Å². The van der Waals surface area contributed by atoms with E-state index in [1.807, 2.05) is 19.1 Å². The largest absolute Gasteiger partial charge is 0.461 e. The Labute approximate surface area is 148 Å². The lowest BCUT2D eigenvalue weighted by Crippen LogP contribution is -2.39. The number of nitrogens with one attached hydrogen (secondary N) is 3. The van der Waals surface area contributed by atoms with Crippen LogP contribution in [-0.2, 0) is 11.3 Å². The maximum atomic E-state index is 5.75. The zero-order valence-corrected chi connectivity index (χ0v) is 15.4. The van der Waals surface area contributed by atoms with Gasteiger partial charge in [-0.25, -0.2) is 4.98 Å². The van der Waals surface area contributed by atoms with Crippen LogP contribution in [0.3, 0.4) is 0 Å². The van der Waals surface area contributed by atoms with Crippen molar-refractivity contribution in [2.75, 3.05) is 20.2 Å². The molecule has 0 aliphatic heterocycles. The second-order valence-corrected chi connectivity index (χ2v) is 5.96. The highest BCUT2D eigenvalue weighted by Gasteiger charge is 2.13. The minimum Gasteiger partial charge on any atom is -0.461 e. The van der Waals surface area contributed by atoms with Crippen molar-refractivity contribution in [1.29, 1.82) is 0 Å². The molecule has 1 atom stereocenters. The second-order valence-electron chi connectivity index (χ2n) is 5.96. The summed E-state index contributed by atoms with van der Waals surface area (Å²) in [6.45, 7) is 8.39. The fourth-order valence-electron chi connectivity index (χ4n) is 2.43. The molecule has 2 heterocycles. The van der Waals surface area contributed by atoms with Gasteiger partial charge in [-0.15, -0.1) is 5.10 Å². The van der Waals surface area contributed by atoms with E-state index in [1.165, 1.54) is 0 Å². The number of rotatable bonds is 9. The van der Waals surface area contributed by atoms with E-state index in [1.54, 1.807) is 13.3 Å². The van der Waals surface area contributed by atoms with Crippen LogP contribution < -0.4 is 10.6 Å². The first-order chi connectivity index (χ1) is 12.1. The SMILES string of the molecule is CCOC(CCNC(=NC)NCc1nc(-c2ccco2)n[nH]1)C(C)C. The lowest BCUT2D eigenvalue weighted by molar-refractivity contribution is 0.0258. The molecule has 0 spiro atoms. The number of aromatic nitrogens is 3. The zero-order valence-electron chi connectivity index (χ0n) is 15.4. The number of hydrogen-bond donors (Lipinski definition) is 3. The van der Waals surface area contributed by atoms with Crippen molar-refractivity contribution < 1.29 is 9.15 Å². The molecule has 138 valence electrons. The molecule has 0 aromatic carbocycles. The smallest absolute Gasteiger partial charge is 0.216 e. The summed E-state index contributed by atoms with van der Waals surface area (Å²) in [7, 11) is 1.74. The highest BCUT2D eigenvalue weighted by molar-refractivity contribution is 5.79. The van der Waals surface area contributed by atoms with Crippen LogP contribution in [0.4, 0.5) is 0 Å². The third kappa shape index (κ3) is 5.90. The Morgan fingerprint density at radius 2 is 2.24 bits per heavy atom. The number of ether oxygens (including phenoxy) is 1. The van der Waals surface area contributed by atoms with Crippen molar-refractivity contribution >= 4 is 5.96 Å². The average molecular weight is 348 g/mol. The molecule has 8 nitrogen and oxygen atoms in total. The number of aliphatic imine (C=N–C) groups is 1. The normalized spacial score (nSPS) is 13.2. The molecular formula is C17H28N6O2. The third-order valence-electron chi connectivity index (χ3n) is 3.77. The van der Waals surface area contributed by atoms with E-state index in [2.05, 4.69) is 44.7 Å². The predicted molar refractivity (Wildman–Crippen MR) is 97.2 cm³/mol. The summed E-state index contributed by atoms with van der Waals surface area (Å²) in [4.78, 5) is 8.61. The van der Waals surface area contributed by atoms with Gasteiger partial charge in [-0.05, 0) is 31.4 Å². The van der Waals surface area contributed by atoms with Crippen molar-refractivity contribution in [3.8, 4) is 11.6 Å². The molecule has 8 heteroatoms. The van der Waals surface area contributed by atoms with Crippen molar-refractivity contribution in [2.45, 2.75) is 39.8 Å². The molecule has 2 aromatic heterocycles. The maximum Gasteiger partial charge on any atom is 0.216 e. The van der Waals surface area contributed by atoms with Crippen molar-refractivity contribution in [2.24, 2.45) is 10.9 Å². The van der Waals surface area contributed by atoms with Gasteiger partial charge < -0.3 is 19.8 Å². The Morgan fingerprint density at radius 1 is 1.40 bits per heavy atom. The van der Waals surface area contributed by atoms with Crippen LogP contribution in [0.2, 0.25) is 0 Å². The fourth-order valence-corrected chi connectivity index (χ4v) is 2.43. The molecule has 0 amide bonds. The summed E-state index contributed by atoms with van der Waals surface area (Å²) in [6.07, 6.45) is 2.78. The Morgan fingerprint density at radius 3 is 2.88 bits per heavy atom. The Balaban J connectivity index is 1.77. The van der Waals surface area contributed by atoms with Gasteiger partial charge in [0.1, 0.15) is 5.82 Å². The summed E-state index contributed by atoms with van der Waals surface area (Å²) in [6, 6.07) is 3.63. The van der Waals surface area contributed by atoms with Crippen LogP contribution >= 0.6 is 0 Å². The van der Waals surface area contributed by atoms with E-state index in [0.717, 1.165) is 25.5 Å². The number of furan rings is 1. The summed E-state index contributed by atoms with van der Waals surface area (Å²) in [5, 5.41) is 13.5. The van der Waals surface area contributed by atoms with Crippen LogP contribution in [0, 0.1) is 5.92 Å². The molecule has 1 unspecified atom stereocenters. The van der Waals surface area contributed by atoms with Crippen LogP contribution in [0.25, 0.3) is 11.6 Å². The molecule has 0 saturated heterocycles. The standard InChI is InChI=1S/C17H28N6O2/c1-5-24-13(12(2)3)8-9-19-17(18-4)20-11-15-21-16(23-22-15)14-7-6-10-25-14/h6-7,10,12-13H,5,8-9,11H2,1-4H3,(H2,18,19,20)(H,21,22,23). The molecule has 0 radical (unpaired) electrons. The molecule has 0 aliphatic rings. The lowest BCUT2D eigenvalue weighted by Gasteiger charge is -2.21. The number of aromatic amines is 1. The minimum atomic E-state index is 0.251. The van der Waals surface area contributed by atoms with Crippen LogP contribution in [0.1, 0.15) is 33.0 Å². The number of guanidine groups is 1. The Kier molecular flexibility index (Phi) is 7.46. The summed E-state index contributed by atoms with van der Waals surface area (Å²) in [5.41, 5.74) is 0. The average Bonchev–Trinajstić information content (AvgIpc) is 3.27. The Hall–Kier alpha value is -2.35. The maximum absolute atomic E-state index is 5.75. The van der Waals surface area contributed by atoms with Crippen molar-refractivity contribution in [1.82, 2.24) is 25.8 Å². The highest BCUT2D eigenvalue weighted by Crippen LogP contribution is 2.14. The van der Waals surface area contributed by atoms with E-state index in [4.69, 9.17) is 9.15 Å². The Bertz CT molecular complexity index is 635. The first-order valence-corrected chi connectivity index (χ1v) is 8.65. The van der Waals surface area contributed by atoms with Gasteiger partial charge in [0, 0.05) is 20.2 Å². The van der Waals surface area contributed by atoms with Gasteiger partial charge in [-0.2, -0.15) is 0 Å². The molecule has 3 N–H and O–H groups in total. The van der Waals surface area contributed by atoms with E-state index in [9.17, 15) is 0 Å². The van der Waals surface area contributed by atoms with E-state index < -0.39 is 0 Å². The van der Waals surface area contributed by atoms with Crippen LogP contribution in [-0.4, -0.2) is 47.4 Å². The summed E-state index contributed by atoms with van der Waals surface area (Å²) < 4.78 is 11.0. The minimum absolute atomic E-state index is 0.251. The molecule has 25 heavy (non-hydrogen) atoms. The van der Waals surface area contributed by atoms with Gasteiger partial charge in [0.2, 0.25) is 5.82 Å².